The summed E-state index contributed by atoms with van der Waals surface area (Å²) >= 11 is 0. The van der Waals surface area contributed by atoms with Gasteiger partial charge in [0.15, 0.2) is 5.60 Å². The molecule has 1 saturated heterocycles. The largest absolute Gasteiger partial charge is 0.497 e. The first-order valence-corrected chi connectivity index (χ1v) is 13.3. The number of benzene rings is 4. The highest BCUT2D eigenvalue weighted by Crippen LogP contribution is 2.52. The second kappa shape index (κ2) is 12.3. The molecule has 0 saturated carbocycles. The molecule has 2 atom stereocenters. The van der Waals surface area contributed by atoms with Crippen molar-refractivity contribution in [2.75, 3.05) is 0 Å². The number of rotatable bonds is 10. The Kier molecular flexibility index (Phi) is 8.21. The van der Waals surface area contributed by atoms with Gasteiger partial charge >= 0.3 is 6.09 Å². The monoisotopic (exact) mass is 529 g/mol. The molecule has 0 aliphatic carbocycles. The molecule has 0 radical (unpaired) electrons. The van der Waals surface area contributed by atoms with E-state index in [1.807, 2.05) is 121 Å². The lowest BCUT2D eigenvalue weighted by Crippen LogP contribution is -2.42. The molecule has 1 aliphatic rings. The first-order chi connectivity index (χ1) is 19.6. The zero-order valence-corrected chi connectivity index (χ0v) is 22.1. The predicted molar refractivity (Wildman–Crippen MR) is 155 cm³/mol. The van der Waals surface area contributed by atoms with Crippen molar-refractivity contribution in [3.8, 4) is 0 Å². The number of carbonyl (C=O) groups is 2. The van der Waals surface area contributed by atoms with Crippen molar-refractivity contribution >= 4 is 12.0 Å². The zero-order chi connectivity index (χ0) is 27.8. The van der Waals surface area contributed by atoms with E-state index in [4.69, 9.17) is 9.47 Å². The van der Waals surface area contributed by atoms with Crippen LogP contribution in [0.2, 0.25) is 0 Å². The van der Waals surface area contributed by atoms with Gasteiger partial charge in [-0.2, -0.15) is 0 Å². The van der Waals surface area contributed by atoms with Gasteiger partial charge in [-0.25, -0.2) is 9.69 Å². The highest BCUT2D eigenvalue weighted by Gasteiger charge is 2.59. The maximum absolute atomic E-state index is 14.2. The summed E-state index contributed by atoms with van der Waals surface area (Å²) in [5.74, 6) is -1.05. The zero-order valence-electron chi connectivity index (χ0n) is 22.1. The minimum atomic E-state index is -1.25. The minimum absolute atomic E-state index is 0.332. The van der Waals surface area contributed by atoms with Crippen molar-refractivity contribution < 1.29 is 19.1 Å². The highest BCUT2D eigenvalue weighted by atomic mass is 16.6. The summed E-state index contributed by atoms with van der Waals surface area (Å²) < 4.78 is 12.0. The van der Waals surface area contributed by atoms with Crippen LogP contribution in [-0.2, 0) is 26.5 Å². The molecule has 5 heteroatoms. The smallest absolute Gasteiger partial charge is 0.418 e. The molecule has 0 N–H and O–H groups in total. The molecule has 5 rings (SSSR count). The van der Waals surface area contributed by atoms with Crippen molar-refractivity contribution in [3.05, 3.63) is 169 Å². The molecule has 0 aromatic heterocycles. The third-order valence-corrected chi connectivity index (χ3v) is 7.08. The Morgan fingerprint density at radius 3 is 1.93 bits per heavy atom. The maximum atomic E-state index is 14.2. The van der Waals surface area contributed by atoms with Gasteiger partial charge in [-0.15, -0.1) is 6.58 Å². The number of ether oxygens (including phenoxy) is 2. The molecule has 1 aliphatic heterocycles. The molecule has 4 aromatic rings. The Morgan fingerprint density at radius 2 is 1.38 bits per heavy atom. The van der Waals surface area contributed by atoms with E-state index >= 15 is 0 Å². The van der Waals surface area contributed by atoms with Crippen LogP contribution in [0.15, 0.2) is 146 Å². The number of hydrogen-bond acceptors (Lipinski definition) is 4. The topological polar surface area (TPSA) is 55.8 Å². The Morgan fingerprint density at radius 1 is 0.850 bits per heavy atom. The van der Waals surface area contributed by atoms with Crippen molar-refractivity contribution in [1.29, 1.82) is 0 Å². The highest BCUT2D eigenvalue weighted by molar-refractivity contribution is 5.97. The summed E-state index contributed by atoms with van der Waals surface area (Å²) in [5.41, 5.74) is 2.11. The van der Waals surface area contributed by atoms with E-state index in [1.165, 1.54) is 11.2 Å². The summed E-state index contributed by atoms with van der Waals surface area (Å²) in [6.45, 7) is 4.21. The Bertz CT molecular complexity index is 1410. The lowest BCUT2D eigenvalue weighted by molar-refractivity contribution is -0.132. The normalized spacial score (nSPS) is 16.9. The van der Waals surface area contributed by atoms with Crippen LogP contribution in [0.5, 0.6) is 0 Å². The van der Waals surface area contributed by atoms with E-state index in [2.05, 4.69) is 6.58 Å². The Labute approximate surface area is 235 Å². The molecule has 200 valence electrons. The molecule has 4 aromatic carbocycles. The van der Waals surface area contributed by atoms with Gasteiger partial charge in [-0.05, 0) is 23.6 Å². The molecule has 0 unspecified atom stereocenters. The molecular formula is C35H31NO4. The molecule has 2 amide bonds. The van der Waals surface area contributed by atoms with Gasteiger partial charge in [0, 0.05) is 11.1 Å². The van der Waals surface area contributed by atoms with Crippen LogP contribution in [0, 0.1) is 5.92 Å². The van der Waals surface area contributed by atoms with Crippen molar-refractivity contribution in [3.63, 3.8) is 0 Å². The molecule has 0 bridgehead atoms. The van der Waals surface area contributed by atoms with E-state index in [-0.39, 0.29) is 5.91 Å². The fourth-order valence-electron chi connectivity index (χ4n) is 5.23. The Hall–Kier alpha value is -4.90. The van der Waals surface area contributed by atoms with Gasteiger partial charge < -0.3 is 9.47 Å². The van der Waals surface area contributed by atoms with Gasteiger partial charge in [0.2, 0.25) is 5.91 Å². The maximum Gasteiger partial charge on any atom is 0.418 e. The molecule has 5 nitrogen and oxygen atoms in total. The third kappa shape index (κ3) is 5.32. The molecule has 1 heterocycles. The van der Waals surface area contributed by atoms with Crippen molar-refractivity contribution in [1.82, 2.24) is 4.90 Å². The van der Waals surface area contributed by atoms with Crippen LogP contribution < -0.4 is 0 Å². The number of cyclic esters (lactones) is 1. The predicted octanol–water partition coefficient (Wildman–Crippen LogP) is 7.57. The minimum Gasteiger partial charge on any atom is -0.497 e. The number of carbonyl (C=O) groups excluding carboxylic acids is 2. The van der Waals surface area contributed by atoms with Gasteiger partial charge in [-0.1, -0.05) is 127 Å². The van der Waals surface area contributed by atoms with Crippen molar-refractivity contribution in [2.24, 2.45) is 5.92 Å². The SMILES string of the molecule is C=CC[C@H](/C=C\OCc1ccccc1)C(=O)N1C(=O)OC(c2ccccc2)(c2ccccc2)[C@H]1c1ccccc1. The second-order valence-corrected chi connectivity index (χ2v) is 9.61. The summed E-state index contributed by atoms with van der Waals surface area (Å²) in [5, 5.41) is 0. The lowest BCUT2D eigenvalue weighted by Gasteiger charge is -2.36. The van der Waals surface area contributed by atoms with Gasteiger partial charge in [0.25, 0.3) is 0 Å². The molecule has 0 spiro atoms. The number of allylic oxidation sites excluding steroid dienone is 1. The fourth-order valence-corrected chi connectivity index (χ4v) is 5.23. The Balaban J connectivity index is 1.55. The van der Waals surface area contributed by atoms with Crippen LogP contribution in [0.3, 0.4) is 0 Å². The number of hydrogen-bond donors (Lipinski definition) is 0. The quantitative estimate of drug-likeness (QED) is 0.157. The fraction of sp³-hybridized carbons (Fsp3) is 0.143. The van der Waals surface area contributed by atoms with Crippen LogP contribution in [0.25, 0.3) is 0 Å². The van der Waals surface area contributed by atoms with E-state index in [0.717, 1.165) is 22.3 Å². The first-order valence-electron chi connectivity index (χ1n) is 13.3. The average Bonchev–Trinajstić information content (AvgIpc) is 3.34. The van der Waals surface area contributed by atoms with Crippen LogP contribution in [0.1, 0.15) is 34.7 Å². The molecule has 1 fully saturated rings. The summed E-state index contributed by atoms with van der Waals surface area (Å²) in [4.78, 5) is 29.3. The third-order valence-electron chi connectivity index (χ3n) is 7.08. The second-order valence-electron chi connectivity index (χ2n) is 9.61. The van der Waals surface area contributed by atoms with Crippen LogP contribution >= 0.6 is 0 Å². The number of nitrogens with zero attached hydrogens (tertiary/aromatic N) is 1. The lowest BCUT2D eigenvalue weighted by atomic mass is 9.77. The van der Waals surface area contributed by atoms with Gasteiger partial charge in [-0.3, -0.25) is 4.79 Å². The molecular weight excluding hydrogens is 498 g/mol. The summed E-state index contributed by atoms with van der Waals surface area (Å²) in [7, 11) is 0. The summed E-state index contributed by atoms with van der Waals surface area (Å²) in [6, 6.07) is 37.8. The first kappa shape index (κ1) is 26.7. The number of imide groups is 1. The van der Waals surface area contributed by atoms with E-state index < -0.39 is 23.7 Å². The van der Waals surface area contributed by atoms with Gasteiger partial charge in [0.05, 0.1) is 12.2 Å². The van der Waals surface area contributed by atoms with E-state index in [1.54, 1.807) is 12.2 Å². The van der Waals surface area contributed by atoms with Crippen LogP contribution in [-0.4, -0.2) is 16.9 Å². The van der Waals surface area contributed by atoms with E-state index in [0.29, 0.717) is 13.0 Å². The average molecular weight is 530 g/mol. The number of amides is 2. The van der Waals surface area contributed by atoms with Crippen LogP contribution in [0.4, 0.5) is 4.79 Å². The van der Waals surface area contributed by atoms with E-state index in [9.17, 15) is 9.59 Å². The standard InChI is InChI=1S/C35H31NO4/c1-2-15-29(24-25-39-26-27-16-7-3-8-17-27)33(37)36-32(28-18-9-4-10-19-28)35(40-34(36)38,30-20-11-5-12-21-30)31-22-13-6-14-23-31/h2-14,16-25,29,32H,1,15,26H2/b25-24-/t29-,32-/m1/s1. The molecule has 40 heavy (non-hydrogen) atoms. The van der Waals surface area contributed by atoms with Crippen molar-refractivity contribution in [2.45, 2.75) is 24.7 Å². The van der Waals surface area contributed by atoms with Gasteiger partial charge in [0.1, 0.15) is 12.6 Å². The summed E-state index contributed by atoms with van der Waals surface area (Å²) in [6.07, 6.45) is 4.52.